The van der Waals surface area contributed by atoms with E-state index in [0.717, 1.165) is 0 Å². The van der Waals surface area contributed by atoms with Gasteiger partial charge in [0.15, 0.2) is 0 Å². The van der Waals surface area contributed by atoms with Gasteiger partial charge in [0.1, 0.15) is 11.3 Å². The van der Waals surface area contributed by atoms with Crippen molar-refractivity contribution in [2.24, 2.45) is 4.99 Å². The smallest absolute Gasteiger partial charge is 0.263 e. The van der Waals surface area contributed by atoms with E-state index in [4.69, 9.17) is 0 Å². The van der Waals surface area contributed by atoms with Crippen molar-refractivity contribution >= 4 is 5.91 Å². The topological polar surface area (TPSA) is 34.4 Å². The molecule has 0 aliphatic rings. The molecular formula is C16H17FN2O. The molecule has 0 bridgehead atoms. The molecule has 2 rings (SSSR count). The highest BCUT2D eigenvalue weighted by atomic mass is 19.1. The molecule has 2 aromatic rings. The first kappa shape index (κ1) is 14.2. The molecule has 104 valence electrons. The highest BCUT2D eigenvalue weighted by molar-refractivity contribution is 5.95. The van der Waals surface area contributed by atoms with Crippen molar-refractivity contribution in [2.75, 3.05) is 0 Å². The maximum absolute atomic E-state index is 13.6. The number of pyridine rings is 1. The molecule has 0 unspecified atom stereocenters. The molecular weight excluding hydrogens is 255 g/mol. The lowest BCUT2D eigenvalue weighted by atomic mass is 10.1. The van der Waals surface area contributed by atoms with Crippen LogP contribution in [0.5, 0.6) is 0 Å². The fourth-order valence-electron chi connectivity index (χ4n) is 1.84. The van der Waals surface area contributed by atoms with E-state index < -0.39 is 0 Å². The Hall–Kier alpha value is -2.23. The number of aromatic nitrogens is 1. The van der Waals surface area contributed by atoms with Crippen molar-refractivity contribution in [1.82, 2.24) is 4.57 Å². The number of nitrogens with zero attached hydrogens (tertiary/aromatic N) is 2. The Labute approximate surface area is 117 Å². The van der Waals surface area contributed by atoms with Crippen LogP contribution < -0.4 is 5.49 Å². The number of benzene rings is 1. The first-order valence-electron chi connectivity index (χ1n) is 6.51. The molecule has 0 radical (unpaired) electrons. The Bertz CT molecular complexity index is 702. The Morgan fingerprint density at radius 2 is 2.00 bits per heavy atom. The summed E-state index contributed by atoms with van der Waals surface area (Å²) in [5.41, 5.74) is 1.39. The van der Waals surface area contributed by atoms with Gasteiger partial charge in [-0.25, -0.2) is 4.39 Å². The van der Waals surface area contributed by atoms with Crippen molar-refractivity contribution < 1.29 is 9.18 Å². The van der Waals surface area contributed by atoms with Crippen LogP contribution in [0.15, 0.2) is 47.6 Å². The third kappa shape index (κ3) is 3.02. The zero-order valence-electron chi connectivity index (χ0n) is 11.8. The summed E-state index contributed by atoms with van der Waals surface area (Å²) in [7, 11) is 0. The van der Waals surface area contributed by atoms with E-state index in [1.54, 1.807) is 37.4 Å². The largest absolute Gasteiger partial charge is 0.268 e. The van der Waals surface area contributed by atoms with E-state index in [1.807, 2.05) is 19.9 Å². The molecule has 1 aromatic carbocycles. The summed E-state index contributed by atoms with van der Waals surface area (Å²) in [5.74, 6) is -0.668. The third-order valence-electron chi connectivity index (χ3n) is 2.87. The van der Waals surface area contributed by atoms with Gasteiger partial charge in [-0.05, 0) is 50.6 Å². The Morgan fingerprint density at radius 3 is 2.65 bits per heavy atom. The predicted octanol–water partition coefficient (Wildman–Crippen LogP) is 2.93. The van der Waals surface area contributed by atoms with Crippen LogP contribution in [0.2, 0.25) is 0 Å². The summed E-state index contributed by atoms with van der Waals surface area (Å²) in [4.78, 5) is 16.8. The fourth-order valence-corrected chi connectivity index (χ4v) is 1.84. The number of hydrogen-bond donors (Lipinski definition) is 0. The third-order valence-corrected chi connectivity index (χ3v) is 2.87. The highest BCUT2D eigenvalue weighted by Gasteiger charge is 2.10. The summed E-state index contributed by atoms with van der Waals surface area (Å²) in [5, 5.41) is 0. The maximum atomic E-state index is 13.6. The zero-order valence-corrected chi connectivity index (χ0v) is 11.8. The zero-order chi connectivity index (χ0) is 14.7. The second-order valence-electron chi connectivity index (χ2n) is 4.92. The molecule has 1 heterocycles. The van der Waals surface area contributed by atoms with E-state index in [2.05, 4.69) is 4.99 Å². The van der Waals surface area contributed by atoms with Gasteiger partial charge >= 0.3 is 0 Å². The Balaban J connectivity index is 2.51. The number of carbonyl (C=O) groups excluding carboxylic acids is 1. The summed E-state index contributed by atoms with van der Waals surface area (Å²) in [6.45, 7) is 5.54. The number of carbonyl (C=O) groups is 1. The van der Waals surface area contributed by atoms with Gasteiger partial charge in [0.25, 0.3) is 5.91 Å². The van der Waals surface area contributed by atoms with Crippen LogP contribution in [0.3, 0.4) is 0 Å². The number of halogens is 1. The van der Waals surface area contributed by atoms with Gasteiger partial charge in [0.05, 0.1) is 0 Å². The summed E-state index contributed by atoms with van der Waals surface area (Å²) in [6, 6.07) is 9.90. The summed E-state index contributed by atoms with van der Waals surface area (Å²) >= 11 is 0. The van der Waals surface area contributed by atoms with E-state index in [9.17, 15) is 9.18 Å². The van der Waals surface area contributed by atoms with Gasteiger partial charge in [-0.3, -0.25) is 14.4 Å². The van der Waals surface area contributed by atoms with Gasteiger partial charge in [0, 0.05) is 17.8 Å². The molecule has 0 saturated heterocycles. The second kappa shape index (κ2) is 5.82. The van der Waals surface area contributed by atoms with Crippen LogP contribution in [-0.4, -0.2) is 16.5 Å². The molecule has 20 heavy (non-hydrogen) atoms. The minimum absolute atomic E-state index is 0.0752. The predicted molar refractivity (Wildman–Crippen MR) is 76.0 cm³/mol. The molecule has 0 fully saturated rings. The molecule has 0 saturated carbocycles. The lowest BCUT2D eigenvalue weighted by Crippen LogP contribution is -2.28. The number of rotatable bonds is 2. The Kier molecular flexibility index (Phi) is 4.13. The second-order valence-corrected chi connectivity index (χ2v) is 4.92. The maximum Gasteiger partial charge on any atom is 0.263 e. The molecule has 0 spiro atoms. The van der Waals surface area contributed by atoms with E-state index in [-0.39, 0.29) is 17.8 Å². The highest BCUT2D eigenvalue weighted by Crippen LogP contribution is 2.10. The molecule has 0 atom stereocenters. The lowest BCUT2D eigenvalue weighted by Gasteiger charge is -2.08. The minimum atomic E-state index is -0.380. The average molecular weight is 272 g/mol. The van der Waals surface area contributed by atoms with Gasteiger partial charge < -0.3 is 0 Å². The van der Waals surface area contributed by atoms with Crippen LogP contribution in [0.25, 0.3) is 0 Å². The van der Waals surface area contributed by atoms with Gasteiger partial charge in [-0.1, -0.05) is 12.1 Å². The van der Waals surface area contributed by atoms with Crippen LogP contribution in [0.4, 0.5) is 4.39 Å². The standard InChI is InChI=1S/C16H17FN2O/c1-11(2)18-15-6-4-5-9-19(15)16(20)13-8-7-12(3)14(17)10-13/h4-11H,1-3H3. The van der Waals surface area contributed by atoms with E-state index in [1.165, 1.54) is 10.6 Å². The molecule has 3 nitrogen and oxygen atoms in total. The van der Waals surface area contributed by atoms with Gasteiger partial charge in [-0.2, -0.15) is 0 Å². The number of hydrogen-bond acceptors (Lipinski definition) is 2. The van der Waals surface area contributed by atoms with Gasteiger partial charge in [0.2, 0.25) is 0 Å². The molecule has 0 N–H and O–H groups in total. The van der Waals surface area contributed by atoms with Crippen LogP contribution in [0.1, 0.15) is 29.8 Å². The van der Waals surface area contributed by atoms with Crippen LogP contribution in [0, 0.1) is 12.7 Å². The molecule has 0 aliphatic carbocycles. The molecule has 0 amide bonds. The Morgan fingerprint density at radius 1 is 1.25 bits per heavy atom. The van der Waals surface area contributed by atoms with Crippen LogP contribution >= 0.6 is 0 Å². The lowest BCUT2D eigenvalue weighted by molar-refractivity contribution is 0.0954. The van der Waals surface area contributed by atoms with E-state index in [0.29, 0.717) is 16.6 Å². The SMILES string of the molecule is Cc1ccc(C(=O)n2ccccc2=NC(C)C)cc1F. The fraction of sp³-hybridized carbons (Fsp3) is 0.250. The molecule has 0 aliphatic heterocycles. The van der Waals surface area contributed by atoms with Crippen molar-refractivity contribution in [3.8, 4) is 0 Å². The van der Waals surface area contributed by atoms with Crippen molar-refractivity contribution in [3.63, 3.8) is 0 Å². The number of aryl methyl sites for hydroxylation is 1. The summed E-state index contributed by atoms with van der Waals surface area (Å²) < 4.78 is 15.0. The van der Waals surface area contributed by atoms with E-state index >= 15 is 0 Å². The van der Waals surface area contributed by atoms with Crippen molar-refractivity contribution in [2.45, 2.75) is 26.8 Å². The van der Waals surface area contributed by atoms with Crippen molar-refractivity contribution in [1.29, 1.82) is 0 Å². The molecule has 1 aromatic heterocycles. The quantitative estimate of drug-likeness (QED) is 0.827. The first-order chi connectivity index (χ1) is 9.49. The average Bonchev–Trinajstić information content (AvgIpc) is 2.41. The minimum Gasteiger partial charge on any atom is -0.268 e. The summed E-state index contributed by atoms with van der Waals surface area (Å²) in [6.07, 6.45) is 1.64. The van der Waals surface area contributed by atoms with Crippen LogP contribution in [-0.2, 0) is 0 Å². The van der Waals surface area contributed by atoms with Gasteiger partial charge in [-0.15, -0.1) is 0 Å². The monoisotopic (exact) mass is 272 g/mol. The van der Waals surface area contributed by atoms with Crippen molar-refractivity contribution in [3.05, 3.63) is 65.0 Å². The first-order valence-corrected chi connectivity index (χ1v) is 6.51. The normalized spacial score (nSPS) is 11.9. The molecule has 4 heteroatoms.